The highest BCUT2D eigenvalue weighted by Gasteiger charge is 2.22. The molecule has 106 valence electrons. The lowest BCUT2D eigenvalue weighted by atomic mass is 9.95. The molecule has 1 atom stereocenters. The minimum atomic E-state index is -0.778. The molecule has 0 bridgehead atoms. The van der Waals surface area contributed by atoms with Gasteiger partial charge in [-0.2, -0.15) is 5.10 Å². The number of aromatic nitrogens is 2. The lowest BCUT2D eigenvalue weighted by Crippen LogP contribution is -2.20. The standard InChI is InChI=1S/C15H17BrN2O2/c1-10-14(16)13(18(2)17-10)9-12(15(19)20)8-11-6-4-3-5-7-11/h3-7,12H,8-9H2,1-2H3,(H,19,20). The number of hydrogen-bond donors (Lipinski definition) is 1. The van der Waals surface area contributed by atoms with E-state index in [1.807, 2.05) is 44.3 Å². The number of nitrogens with zero attached hydrogens (tertiary/aromatic N) is 2. The molecule has 1 aromatic carbocycles. The molecule has 1 aromatic heterocycles. The normalized spacial score (nSPS) is 12.3. The highest BCUT2D eigenvalue weighted by molar-refractivity contribution is 9.10. The SMILES string of the molecule is Cc1nn(C)c(CC(Cc2ccccc2)C(=O)O)c1Br. The van der Waals surface area contributed by atoms with Crippen molar-refractivity contribution in [1.82, 2.24) is 9.78 Å². The maximum absolute atomic E-state index is 11.5. The van der Waals surface area contributed by atoms with Crippen LogP contribution in [0.15, 0.2) is 34.8 Å². The first-order valence-corrected chi connectivity index (χ1v) is 7.23. The summed E-state index contributed by atoms with van der Waals surface area (Å²) in [5.41, 5.74) is 2.84. The van der Waals surface area contributed by atoms with Crippen LogP contribution in [0.1, 0.15) is 17.0 Å². The van der Waals surface area contributed by atoms with E-state index in [0.29, 0.717) is 12.8 Å². The van der Waals surface area contributed by atoms with Crippen LogP contribution in [-0.4, -0.2) is 20.9 Å². The van der Waals surface area contributed by atoms with Crippen LogP contribution in [0.25, 0.3) is 0 Å². The number of halogens is 1. The maximum Gasteiger partial charge on any atom is 0.307 e. The molecule has 0 saturated carbocycles. The Bertz CT molecular complexity index is 608. The van der Waals surface area contributed by atoms with Crippen molar-refractivity contribution in [2.75, 3.05) is 0 Å². The van der Waals surface area contributed by atoms with Crippen LogP contribution in [0, 0.1) is 12.8 Å². The van der Waals surface area contributed by atoms with Gasteiger partial charge in [0.05, 0.1) is 21.8 Å². The van der Waals surface area contributed by atoms with Gasteiger partial charge in [0, 0.05) is 13.5 Å². The molecule has 1 heterocycles. The van der Waals surface area contributed by atoms with Crippen molar-refractivity contribution in [3.05, 3.63) is 51.8 Å². The zero-order valence-electron chi connectivity index (χ0n) is 11.5. The van der Waals surface area contributed by atoms with E-state index in [1.54, 1.807) is 4.68 Å². The number of benzene rings is 1. The Morgan fingerprint density at radius 1 is 1.35 bits per heavy atom. The number of carbonyl (C=O) groups is 1. The van der Waals surface area contributed by atoms with Gasteiger partial charge in [0.1, 0.15) is 0 Å². The van der Waals surface area contributed by atoms with Gasteiger partial charge in [-0.05, 0) is 34.8 Å². The fraction of sp³-hybridized carbons (Fsp3) is 0.333. The number of aryl methyl sites for hydroxylation is 2. The summed E-state index contributed by atoms with van der Waals surface area (Å²) >= 11 is 3.49. The van der Waals surface area contributed by atoms with Gasteiger partial charge < -0.3 is 5.11 Å². The van der Waals surface area contributed by atoms with E-state index in [4.69, 9.17) is 0 Å². The Morgan fingerprint density at radius 3 is 2.50 bits per heavy atom. The fourth-order valence-corrected chi connectivity index (χ4v) is 2.78. The minimum Gasteiger partial charge on any atom is -0.481 e. The molecule has 1 unspecified atom stereocenters. The first kappa shape index (κ1) is 14.8. The maximum atomic E-state index is 11.5. The highest BCUT2D eigenvalue weighted by Crippen LogP contribution is 2.24. The molecule has 1 N–H and O–H groups in total. The summed E-state index contributed by atoms with van der Waals surface area (Å²) in [4.78, 5) is 11.5. The average molecular weight is 337 g/mol. The van der Waals surface area contributed by atoms with Crippen LogP contribution in [-0.2, 0) is 24.7 Å². The van der Waals surface area contributed by atoms with Crippen LogP contribution in [0.2, 0.25) is 0 Å². The fourth-order valence-electron chi connectivity index (χ4n) is 2.28. The molecule has 0 aliphatic heterocycles. The Hall–Kier alpha value is -1.62. The van der Waals surface area contributed by atoms with Crippen molar-refractivity contribution >= 4 is 21.9 Å². The van der Waals surface area contributed by atoms with Crippen LogP contribution in [0.5, 0.6) is 0 Å². The molecule has 2 rings (SSSR count). The van der Waals surface area contributed by atoms with Crippen LogP contribution < -0.4 is 0 Å². The molecule has 2 aromatic rings. The molecular formula is C15H17BrN2O2. The van der Waals surface area contributed by atoms with Gasteiger partial charge in [0.15, 0.2) is 0 Å². The van der Waals surface area contributed by atoms with Crippen LogP contribution in [0.4, 0.5) is 0 Å². The largest absolute Gasteiger partial charge is 0.481 e. The topological polar surface area (TPSA) is 55.1 Å². The van der Waals surface area contributed by atoms with Gasteiger partial charge in [0.25, 0.3) is 0 Å². The predicted molar refractivity (Wildman–Crippen MR) is 80.6 cm³/mol. The summed E-state index contributed by atoms with van der Waals surface area (Å²) in [6.07, 6.45) is 0.981. The lowest BCUT2D eigenvalue weighted by molar-refractivity contribution is -0.141. The van der Waals surface area contributed by atoms with Crippen molar-refractivity contribution in [2.45, 2.75) is 19.8 Å². The van der Waals surface area contributed by atoms with Gasteiger partial charge in [-0.25, -0.2) is 0 Å². The Kier molecular flexibility index (Phi) is 4.60. The van der Waals surface area contributed by atoms with E-state index in [1.165, 1.54) is 0 Å². The minimum absolute atomic E-state index is 0.455. The number of hydrogen-bond acceptors (Lipinski definition) is 2. The van der Waals surface area contributed by atoms with Gasteiger partial charge in [-0.15, -0.1) is 0 Å². The van der Waals surface area contributed by atoms with Crippen molar-refractivity contribution in [3.8, 4) is 0 Å². The van der Waals surface area contributed by atoms with Crippen molar-refractivity contribution < 1.29 is 9.90 Å². The van der Waals surface area contributed by atoms with Crippen molar-refractivity contribution in [1.29, 1.82) is 0 Å². The summed E-state index contributed by atoms with van der Waals surface area (Å²) in [5, 5.41) is 13.7. The third-order valence-electron chi connectivity index (χ3n) is 3.38. The van der Waals surface area contributed by atoms with Crippen LogP contribution >= 0.6 is 15.9 Å². The molecule has 0 amide bonds. The molecule has 0 spiro atoms. The molecule has 4 nitrogen and oxygen atoms in total. The second-order valence-corrected chi connectivity index (χ2v) is 5.69. The van der Waals surface area contributed by atoms with E-state index in [-0.39, 0.29) is 0 Å². The van der Waals surface area contributed by atoms with Crippen molar-refractivity contribution in [2.24, 2.45) is 13.0 Å². The third-order valence-corrected chi connectivity index (χ3v) is 4.41. The Labute approximate surface area is 126 Å². The summed E-state index contributed by atoms with van der Waals surface area (Å²) in [6, 6.07) is 9.70. The monoisotopic (exact) mass is 336 g/mol. The van der Waals surface area contributed by atoms with E-state index >= 15 is 0 Å². The van der Waals surface area contributed by atoms with Crippen molar-refractivity contribution in [3.63, 3.8) is 0 Å². The smallest absolute Gasteiger partial charge is 0.307 e. The number of carboxylic acids is 1. The molecule has 5 heteroatoms. The second-order valence-electron chi connectivity index (χ2n) is 4.90. The first-order chi connectivity index (χ1) is 9.49. The molecule has 0 fully saturated rings. The number of rotatable bonds is 5. The van der Waals surface area contributed by atoms with E-state index < -0.39 is 11.9 Å². The van der Waals surface area contributed by atoms with Gasteiger partial charge in [-0.1, -0.05) is 30.3 Å². The molecular weight excluding hydrogens is 320 g/mol. The Morgan fingerprint density at radius 2 is 2.00 bits per heavy atom. The van der Waals surface area contributed by atoms with E-state index in [0.717, 1.165) is 21.4 Å². The van der Waals surface area contributed by atoms with E-state index in [2.05, 4.69) is 21.0 Å². The number of carboxylic acid groups (broad SMARTS) is 1. The highest BCUT2D eigenvalue weighted by atomic mass is 79.9. The summed E-state index contributed by atoms with van der Waals surface area (Å²) in [5.74, 6) is -1.23. The first-order valence-electron chi connectivity index (χ1n) is 6.43. The van der Waals surface area contributed by atoms with E-state index in [9.17, 15) is 9.90 Å². The zero-order chi connectivity index (χ0) is 14.7. The van der Waals surface area contributed by atoms with Gasteiger partial charge >= 0.3 is 5.97 Å². The molecule has 0 saturated heterocycles. The van der Waals surface area contributed by atoms with Crippen LogP contribution in [0.3, 0.4) is 0 Å². The summed E-state index contributed by atoms with van der Waals surface area (Å²) < 4.78 is 2.65. The quantitative estimate of drug-likeness (QED) is 0.913. The summed E-state index contributed by atoms with van der Waals surface area (Å²) in [6.45, 7) is 1.90. The summed E-state index contributed by atoms with van der Waals surface area (Å²) in [7, 11) is 1.84. The molecule has 0 radical (unpaired) electrons. The predicted octanol–water partition coefficient (Wildman–Crippen LogP) is 2.98. The molecule has 20 heavy (non-hydrogen) atoms. The second kappa shape index (κ2) is 6.22. The molecule has 0 aliphatic carbocycles. The van der Waals surface area contributed by atoms with Gasteiger partial charge in [-0.3, -0.25) is 9.48 Å². The third kappa shape index (κ3) is 3.28. The number of aliphatic carboxylic acids is 1. The van der Waals surface area contributed by atoms with Gasteiger partial charge in [0.2, 0.25) is 0 Å². The zero-order valence-corrected chi connectivity index (χ0v) is 13.1. The average Bonchev–Trinajstić information content (AvgIpc) is 2.65. The Balaban J connectivity index is 2.20. The molecule has 0 aliphatic rings. The lowest BCUT2D eigenvalue weighted by Gasteiger charge is -2.13.